The highest BCUT2D eigenvalue weighted by Crippen LogP contribution is 2.29. The molecule has 3 nitrogen and oxygen atoms in total. The minimum absolute atomic E-state index is 0.643. The normalized spacial score (nSPS) is 10.5. The fraction of sp³-hybridized carbons (Fsp3) is 0.312. The number of aryl methyl sites for hydroxylation is 2. The molecule has 19 heavy (non-hydrogen) atoms. The smallest absolute Gasteiger partial charge is 0.219 e. The van der Waals surface area contributed by atoms with Gasteiger partial charge in [-0.2, -0.15) is 0 Å². The Bertz CT molecular complexity index is 579. The summed E-state index contributed by atoms with van der Waals surface area (Å²) in [7, 11) is 1.93. The lowest BCUT2D eigenvalue weighted by molar-refractivity contribution is 0.454. The molecule has 1 N–H and O–H groups in total. The van der Waals surface area contributed by atoms with Gasteiger partial charge in [-0.25, -0.2) is 4.98 Å². The van der Waals surface area contributed by atoms with Crippen LogP contribution in [0.15, 0.2) is 30.5 Å². The van der Waals surface area contributed by atoms with Gasteiger partial charge in [0.2, 0.25) is 5.88 Å². The molecule has 0 radical (unpaired) electrons. The number of hydrogen-bond acceptors (Lipinski definition) is 3. The summed E-state index contributed by atoms with van der Waals surface area (Å²) < 4.78 is 5.97. The highest BCUT2D eigenvalue weighted by molar-refractivity contribution is 5.46. The predicted molar refractivity (Wildman–Crippen MR) is 77.7 cm³/mol. The van der Waals surface area contributed by atoms with Gasteiger partial charge in [0.05, 0.1) is 0 Å². The van der Waals surface area contributed by atoms with Crippen molar-refractivity contribution in [3.8, 4) is 11.6 Å². The van der Waals surface area contributed by atoms with E-state index < -0.39 is 0 Å². The summed E-state index contributed by atoms with van der Waals surface area (Å²) in [6.45, 7) is 7.03. The second-order valence-corrected chi connectivity index (χ2v) is 4.79. The Labute approximate surface area is 114 Å². The molecule has 0 spiro atoms. The zero-order chi connectivity index (χ0) is 13.8. The van der Waals surface area contributed by atoms with Crippen molar-refractivity contribution in [1.29, 1.82) is 0 Å². The molecule has 0 atom stereocenters. The Kier molecular flexibility index (Phi) is 4.17. The largest absolute Gasteiger partial charge is 0.438 e. The van der Waals surface area contributed by atoms with Crippen molar-refractivity contribution in [3.63, 3.8) is 0 Å². The number of ether oxygens (including phenoxy) is 1. The van der Waals surface area contributed by atoms with Crippen molar-refractivity contribution in [1.82, 2.24) is 10.3 Å². The van der Waals surface area contributed by atoms with E-state index in [0.29, 0.717) is 5.88 Å². The lowest BCUT2D eigenvalue weighted by Gasteiger charge is -2.13. The number of nitrogens with one attached hydrogen (secondary N) is 1. The summed E-state index contributed by atoms with van der Waals surface area (Å²) >= 11 is 0. The molecule has 0 unspecified atom stereocenters. The minimum atomic E-state index is 0.643. The van der Waals surface area contributed by atoms with Crippen LogP contribution in [0.1, 0.15) is 22.3 Å². The Morgan fingerprint density at radius 1 is 1.11 bits per heavy atom. The van der Waals surface area contributed by atoms with Crippen LogP contribution < -0.4 is 10.1 Å². The molecular formula is C16H20N2O. The number of hydrogen-bond donors (Lipinski definition) is 1. The van der Waals surface area contributed by atoms with E-state index in [4.69, 9.17) is 4.74 Å². The third kappa shape index (κ3) is 3.12. The Morgan fingerprint density at radius 2 is 1.84 bits per heavy atom. The zero-order valence-electron chi connectivity index (χ0n) is 11.9. The van der Waals surface area contributed by atoms with Gasteiger partial charge in [-0.3, -0.25) is 0 Å². The monoisotopic (exact) mass is 256 g/mol. The van der Waals surface area contributed by atoms with Crippen LogP contribution >= 0.6 is 0 Å². The fourth-order valence-electron chi connectivity index (χ4n) is 2.01. The van der Waals surface area contributed by atoms with Crippen LogP contribution in [-0.2, 0) is 6.54 Å². The maximum atomic E-state index is 5.97. The van der Waals surface area contributed by atoms with Gasteiger partial charge in [0.1, 0.15) is 5.75 Å². The van der Waals surface area contributed by atoms with E-state index in [9.17, 15) is 0 Å². The number of aromatic nitrogens is 1. The van der Waals surface area contributed by atoms with E-state index >= 15 is 0 Å². The first-order chi connectivity index (χ1) is 9.11. The molecule has 1 heterocycles. The fourth-order valence-corrected chi connectivity index (χ4v) is 2.01. The van der Waals surface area contributed by atoms with Crippen LogP contribution in [0.25, 0.3) is 0 Å². The summed E-state index contributed by atoms with van der Waals surface area (Å²) in [5, 5.41) is 3.12. The highest BCUT2D eigenvalue weighted by Gasteiger charge is 2.08. The van der Waals surface area contributed by atoms with E-state index in [1.807, 2.05) is 19.2 Å². The molecule has 0 aliphatic carbocycles. The van der Waals surface area contributed by atoms with Crippen LogP contribution in [0.2, 0.25) is 0 Å². The number of pyridine rings is 1. The minimum Gasteiger partial charge on any atom is -0.438 e. The van der Waals surface area contributed by atoms with Crippen LogP contribution in [0, 0.1) is 20.8 Å². The molecule has 2 aromatic rings. The molecule has 3 heteroatoms. The molecule has 0 aliphatic heterocycles. The van der Waals surface area contributed by atoms with Crippen LogP contribution in [0.5, 0.6) is 11.6 Å². The van der Waals surface area contributed by atoms with Gasteiger partial charge >= 0.3 is 0 Å². The van der Waals surface area contributed by atoms with Crippen molar-refractivity contribution in [2.24, 2.45) is 0 Å². The Balaban J connectivity index is 2.31. The second-order valence-electron chi connectivity index (χ2n) is 4.79. The lowest BCUT2D eigenvalue weighted by Crippen LogP contribution is -2.05. The van der Waals surface area contributed by atoms with Gasteiger partial charge in [0.25, 0.3) is 0 Å². The van der Waals surface area contributed by atoms with Gasteiger partial charge in [-0.05, 0) is 56.1 Å². The maximum absolute atomic E-state index is 5.97. The van der Waals surface area contributed by atoms with Crippen molar-refractivity contribution in [2.45, 2.75) is 27.3 Å². The van der Waals surface area contributed by atoms with Gasteiger partial charge < -0.3 is 10.1 Å². The predicted octanol–water partition coefficient (Wildman–Crippen LogP) is 3.52. The van der Waals surface area contributed by atoms with Crippen LogP contribution in [0.3, 0.4) is 0 Å². The van der Waals surface area contributed by atoms with Gasteiger partial charge in [0, 0.05) is 18.8 Å². The first-order valence-corrected chi connectivity index (χ1v) is 6.46. The summed E-state index contributed by atoms with van der Waals surface area (Å²) in [5.74, 6) is 1.55. The van der Waals surface area contributed by atoms with E-state index in [1.54, 1.807) is 6.20 Å². The van der Waals surface area contributed by atoms with Crippen molar-refractivity contribution in [3.05, 3.63) is 52.7 Å². The third-order valence-corrected chi connectivity index (χ3v) is 3.26. The topological polar surface area (TPSA) is 34.2 Å². The first-order valence-electron chi connectivity index (χ1n) is 6.46. The van der Waals surface area contributed by atoms with Gasteiger partial charge in [-0.1, -0.05) is 12.1 Å². The van der Waals surface area contributed by atoms with Crippen molar-refractivity contribution < 1.29 is 4.74 Å². The molecule has 2 rings (SSSR count). The Hall–Kier alpha value is -1.87. The molecule has 1 aromatic heterocycles. The van der Waals surface area contributed by atoms with Crippen molar-refractivity contribution >= 4 is 0 Å². The number of nitrogens with zero attached hydrogens (tertiary/aromatic N) is 1. The molecule has 100 valence electrons. The molecule has 0 aliphatic rings. The van der Waals surface area contributed by atoms with Gasteiger partial charge in [0.15, 0.2) is 0 Å². The van der Waals surface area contributed by atoms with Crippen LogP contribution in [-0.4, -0.2) is 12.0 Å². The molecule has 0 bridgehead atoms. The third-order valence-electron chi connectivity index (χ3n) is 3.26. The van der Waals surface area contributed by atoms with E-state index in [2.05, 4.69) is 43.2 Å². The standard InChI is InChI=1S/C16H20N2O/c1-11-5-6-12(2)16(13(11)3)19-15-9-14(10-17-4)7-8-18-15/h5-9,17H,10H2,1-4H3. The molecule has 1 aromatic carbocycles. The summed E-state index contributed by atoms with van der Waals surface area (Å²) in [5.41, 5.74) is 4.69. The van der Waals surface area contributed by atoms with Crippen LogP contribution in [0.4, 0.5) is 0 Å². The molecule has 0 fully saturated rings. The maximum Gasteiger partial charge on any atom is 0.219 e. The van der Waals surface area contributed by atoms with E-state index in [0.717, 1.165) is 23.4 Å². The summed E-state index contributed by atoms with van der Waals surface area (Å²) in [6.07, 6.45) is 1.78. The summed E-state index contributed by atoms with van der Waals surface area (Å²) in [6, 6.07) is 8.15. The average Bonchev–Trinajstić information content (AvgIpc) is 2.40. The van der Waals surface area contributed by atoms with E-state index in [-0.39, 0.29) is 0 Å². The number of benzene rings is 1. The lowest BCUT2D eigenvalue weighted by atomic mass is 10.1. The highest BCUT2D eigenvalue weighted by atomic mass is 16.5. The number of rotatable bonds is 4. The SMILES string of the molecule is CNCc1ccnc(Oc2c(C)ccc(C)c2C)c1. The average molecular weight is 256 g/mol. The van der Waals surface area contributed by atoms with E-state index in [1.165, 1.54) is 11.1 Å². The summed E-state index contributed by atoms with van der Waals surface area (Å²) in [4.78, 5) is 4.28. The quantitative estimate of drug-likeness (QED) is 0.908. The Morgan fingerprint density at radius 3 is 2.58 bits per heavy atom. The molecular weight excluding hydrogens is 236 g/mol. The van der Waals surface area contributed by atoms with Gasteiger partial charge in [-0.15, -0.1) is 0 Å². The molecule has 0 saturated carbocycles. The first kappa shape index (κ1) is 13.6. The van der Waals surface area contributed by atoms with Crippen molar-refractivity contribution in [2.75, 3.05) is 7.05 Å². The molecule has 0 saturated heterocycles. The molecule has 0 amide bonds. The zero-order valence-corrected chi connectivity index (χ0v) is 11.9. The second kappa shape index (κ2) is 5.85.